The summed E-state index contributed by atoms with van der Waals surface area (Å²) in [5.41, 5.74) is 5.97. The Morgan fingerprint density at radius 2 is 2.06 bits per heavy atom. The zero-order valence-corrected chi connectivity index (χ0v) is 11.1. The molecular formula is C10H16N6OS. The summed E-state index contributed by atoms with van der Waals surface area (Å²) >= 11 is 4.86. The molecule has 0 radical (unpaired) electrons. The molecule has 0 aliphatic rings. The lowest BCUT2D eigenvalue weighted by Gasteiger charge is -2.13. The Kier molecular flexibility index (Phi) is 5.25. The van der Waals surface area contributed by atoms with E-state index in [1.54, 1.807) is 20.3 Å². The number of carbonyl (C=O) groups excluding carboxylic acids is 1. The van der Waals surface area contributed by atoms with Crippen LogP contribution in [0.1, 0.15) is 5.69 Å². The molecule has 0 saturated carbocycles. The summed E-state index contributed by atoms with van der Waals surface area (Å²) in [5.74, 6) is 0.518. The summed E-state index contributed by atoms with van der Waals surface area (Å²) in [6.07, 6.45) is 3.07. The van der Waals surface area contributed by atoms with Crippen molar-refractivity contribution in [2.75, 3.05) is 32.5 Å². The number of nitrogens with two attached hydrogens (primary N) is 1. The molecule has 1 heterocycles. The lowest BCUT2D eigenvalue weighted by atomic mass is 10.4. The van der Waals surface area contributed by atoms with Gasteiger partial charge in [-0.05, 0) is 0 Å². The molecule has 18 heavy (non-hydrogen) atoms. The van der Waals surface area contributed by atoms with Crippen LogP contribution in [0.4, 0.5) is 10.6 Å². The Balaban J connectivity index is 2.45. The standard InChI is InChI=1S/C10H16N6OS/c1-16(2)10(17)15-6-5-14-9-7(8(11)18)12-3-4-13-9/h3-4H,5-6H2,1-2H3,(H2,11,18)(H,13,14)(H,15,17). The number of amides is 2. The van der Waals surface area contributed by atoms with Gasteiger partial charge in [0.15, 0.2) is 5.82 Å². The molecule has 0 fully saturated rings. The van der Waals surface area contributed by atoms with Crippen LogP contribution in [0.15, 0.2) is 12.4 Å². The Morgan fingerprint density at radius 1 is 1.39 bits per heavy atom. The fraction of sp³-hybridized carbons (Fsp3) is 0.400. The molecule has 0 unspecified atom stereocenters. The number of thiocarbonyl (C=S) groups is 1. The van der Waals surface area contributed by atoms with Crippen molar-refractivity contribution in [1.82, 2.24) is 20.2 Å². The van der Waals surface area contributed by atoms with Gasteiger partial charge >= 0.3 is 6.03 Å². The number of carbonyl (C=O) groups is 1. The van der Waals surface area contributed by atoms with Crippen molar-refractivity contribution >= 4 is 29.1 Å². The number of rotatable bonds is 5. The first-order valence-electron chi connectivity index (χ1n) is 5.32. The van der Waals surface area contributed by atoms with E-state index in [1.807, 2.05) is 0 Å². The van der Waals surface area contributed by atoms with Crippen molar-refractivity contribution in [3.05, 3.63) is 18.1 Å². The highest BCUT2D eigenvalue weighted by molar-refractivity contribution is 7.80. The number of urea groups is 1. The molecule has 1 aromatic rings. The van der Waals surface area contributed by atoms with Crippen molar-refractivity contribution in [2.24, 2.45) is 5.73 Å². The molecule has 4 N–H and O–H groups in total. The van der Waals surface area contributed by atoms with E-state index in [4.69, 9.17) is 18.0 Å². The first-order valence-corrected chi connectivity index (χ1v) is 5.73. The SMILES string of the molecule is CN(C)C(=O)NCCNc1nccnc1C(N)=S. The van der Waals surface area contributed by atoms with Crippen LogP contribution in [-0.2, 0) is 0 Å². The highest BCUT2D eigenvalue weighted by atomic mass is 32.1. The topological polar surface area (TPSA) is 96.2 Å². The fourth-order valence-electron chi connectivity index (χ4n) is 1.16. The minimum absolute atomic E-state index is 0.148. The van der Waals surface area contributed by atoms with Gasteiger partial charge in [-0.15, -0.1) is 0 Å². The molecule has 2 amide bonds. The highest BCUT2D eigenvalue weighted by Crippen LogP contribution is 2.06. The Bertz CT molecular complexity index is 436. The number of aromatic nitrogens is 2. The van der Waals surface area contributed by atoms with Gasteiger partial charge in [0, 0.05) is 39.6 Å². The van der Waals surface area contributed by atoms with E-state index in [0.717, 1.165) is 0 Å². The van der Waals surface area contributed by atoms with Crippen LogP contribution in [0.5, 0.6) is 0 Å². The largest absolute Gasteiger partial charge is 0.388 e. The monoisotopic (exact) mass is 268 g/mol. The summed E-state index contributed by atoms with van der Waals surface area (Å²) in [7, 11) is 3.35. The van der Waals surface area contributed by atoms with Crippen molar-refractivity contribution in [3.8, 4) is 0 Å². The predicted molar refractivity (Wildman–Crippen MR) is 73.5 cm³/mol. The molecule has 1 rings (SSSR count). The second-order valence-electron chi connectivity index (χ2n) is 3.67. The second-order valence-corrected chi connectivity index (χ2v) is 4.11. The van der Waals surface area contributed by atoms with Gasteiger partial charge in [0.05, 0.1) is 0 Å². The number of anilines is 1. The third-order valence-electron chi connectivity index (χ3n) is 2.03. The van der Waals surface area contributed by atoms with Crippen LogP contribution in [0, 0.1) is 0 Å². The molecule has 0 aliphatic carbocycles. The molecule has 0 aromatic carbocycles. The normalized spacial score (nSPS) is 9.67. The van der Waals surface area contributed by atoms with E-state index < -0.39 is 0 Å². The van der Waals surface area contributed by atoms with Gasteiger partial charge in [0.1, 0.15) is 10.7 Å². The Hall–Kier alpha value is -1.96. The van der Waals surface area contributed by atoms with E-state index in [2.05, 4.69) is 20.6 Å². The van der Waals surface area contributed by atoms with Gasteiger partial charge in [0.2, 0.25) is 0 Å². The van der Waals surface area contributed by atoms with Crippen molar-refractivity contribution in [3.63, 3.8) is 0 Å². The fourth-order valence-corrected chi connectivity index (χ4v) is 1.31. The molecule has 98 valence electrons. The van der Waals surface area contributed by atoms with Crippen molar-refractivity contribution in [2.45, 2.75) is 0 Å². The quantitative estimate of drug-likeness (QED) is 0.505. The summed E-state index contributed by atoms with van der Waals surface area (Å²) in [6, 6.07) is -0.148. The lowest BCUT2D eigenvalue weighted by molar-refractivity contribution is 0.218. The lowest BCUT2D eigenvalue weighted by Crippen LogP contribution is -2.37. The first kappa shape index (κ1) is 14.1. The minimum Gasteiger partial charge on any atom is -0.388 e. The highest BCUT2D eigenvalue weighted by Gasteiger charge is 2.07. The maximum Gasteiger partial charge on any atom is 0.316 e. The van der Waals surface area contributed by atoms with Crippen LogP contribution in [0.25, 0.3) is 0 Å². The number of nitrogens with one attached hydrogen (secondary N) is 2. The Morgan fingerprint density at radius 3 is 2.67 bits per heavy atom. The first-order chi connectivity index (χ1) is 8.52. The van der Waals surface area contributed by atoms with E-state index in [9.17, 15) is 4.79 Å². The number of nitrogens with zero attached hydrogens (tertiary/aromatic N) is 3. The van der Waals surface area contributed by atoms with Gasteiger partial charge < -0.3 is 21.3 Å². The zero-order valence-electron chi connectivity index (χ0n) is 10.3. The van der Waals surface area contributed by atoms with Crippen LogP contribution < -0.4 is 16.4 Å². The van der Waals surface area contributed by atoms with Gasteiger partial charge in [-0.1, -0.05) is 12.2 Å². The summed E-state index contributed by atoms with van der Waals surface area (Å²) in [4.78, 5) is 21.0. The van der Waals surface area contributed by atoms with Crippen LogP contribution in [0.2, 0.25) is 0 Å². The maximum absolute atomic E-state index is 11.2. The third-order valence-corrected chi connectivity index (χ3v) is 2.22. The Labute approximate surface area is 111 Å². The zero-order chi connectivity index (χ0) is 13.5. The minimum atomic E-state index is -0.148. The summed E-state index contributed by atoms with van der Waals surface area (Å²) < 4.78 is 0. The molecule has 1 aromatic heterocycles. The average molecular weight is 268 g/mol. The van der Waals surface area contributed by atoms with Gasteiger partial charge in [-0.2, -0.15) is 0 Å². The molecular weight excluding hydrogens is 252 g/mol. The van der Waals surface area contributed by atoms with Crippen LogP contribution >= 0.6 is 12.2 Å². The molecule has 0 bridgehead atoms. The van der Waals surface area contributed by atoms with E-state index in [1.165, 1.54) is 11.1 Å². The summed E-state index contributed by atoms with van der Waals surface area (Å²) in [6.45, 7) is 0.970. The molecule has 7 nitrogen and oxygen atoms in total. The van der Waals surface area contributed by atoms with Gasteiger partial charge in [-0.3, -0.25) is 0 Å². The third kappa shape index (κ3) is 4.13. The average Bonchev–Trinajstić information content (AvgIpc) is 2.34. The smallest absolute Gasteiger partial charge is 0.316 e. The molecule has 0 aliphatic heterocycles. The molecule has 0 saturated heterocycles. The van der Waals surface area contributed by atoms with Crippen LogP contribution in [-0.4, -0.2) is 53.1 Å². The maximum atomic E-state index is 11.2. The van der Waals surface area contributed by atoms with E-state index in [-0.39, 0.29) is 11.0 Å². The van der Waals surface area contributed by atoms with E-state index >= 15 is 0 Å². The van der Waals surface area contributed by atoms with E-state index in [0.29, 0.717) is 24.6 Å². The van der Waals surface area contributed by atoms with Crippen molar-refractivity contribution < 1.29 is 4.79 Å². The molecule has 8 heteroatoms. The second kappa shape index (κ2) is 6.70. The van der Waals surface area contributed by atoms with Crippen LogP contribution in [0.3, 0.4) is 0 Å². The number of hydrogen-bond acceptors (Lipinski definition) is 5. The van der Waals surface area contributed by atoms with Gasteiger partial charge in [0.25, 0.3) is 0 Å². The summed E-state index contributed by atoms with van der Waals surface area (Å²) in [5, 5.41) is 5.73. The van der Waals surface area contributed by atoms with Crippen molar-refractivity contribution in [1.29, 1.82) is 0 Å². The number of hydrogen-bond donors (Lipinski definition) is 3. The molecule has 0 atom stereocenters. The van der Waals surface area contributed by atoms with Gasteiger partial charge in [-0.25, -0.2) is 14.8 Å². The molecule has 0 spiro atoms. The predicted octanol–water partition coefficient (Wildman–Crippen LogP) is -0.206.